The minimum absolute atomic E-state index is 0.225. The number of halogens is 1. The predicted octanol–water partition coefficient (Wildman–Crippen LogP) is 3.36. The highest BCUT2D eigenvalue weighted by molar-refractivity contribution is 5.56. The zero-order valence-corrected chi connectivity index (χ0v) is 10.8. The summed E-state index contributed by atoms with van der Waals surface area (Å²) in [7, 11) is 0. The van der Waals surface area contributed by atoms with E-state index in [0.29, 0.717) is 0 Å². The molecule has 0 unspecified atom stereocenters. The van der Waals surface area contributed by atoms with E-state index in [1.54, 1.807) is 6.07 Å². The maximum Gasteiger partial charge on any atom is 0.146 e. The Morgan fingerprint density at radius 2 is 2.00 bits per heavy atom. The summed E-state index contributed by atoms with van der Waals surface area (Å²) in [5.74, 6) is -0.345. The van der Waals surface area contributed by atoms with Crippen molar-refractivity contribution in [3.63, 3.8) is 0 Å². The third-order valence-corrected chi connectivity index (χ3v) is 3.64. The maximum absolute atomic E-state index is 13.2. The monoisotopic (exact) mass is 256 g/mol. The van der Waals surface area contributed by atoms with Crippen molar-refractivity contribution in [3.8, 4) is 0 Å². The number of hydrogen-bond donors (Lipinski definition) is 1. The number of benzene rings is 2. The van der Waals surface area contributed by atoms with Crippen molar-refractivity contribution in [2.45, 2.75) is 19.4 Å². The molecule has 3 rings (SSSR count). The lowest BCUT2D eigenvalue weighted by Crippen LogP contribution is -2.28. The summed E-state index contributed by atoms with van der Waals surface area (Å²) in [4.78, 5) is 2.34. The van der Waals surface area contributed by atoms with Crippen LogP contribution in [0.15, 0.2) is 42.5 Å². The summed E-state index contributed by atoms with van der Waals surface area (Å²) in [6, 6.07) is 13.5. The molecule has 0 aromatic heterocycles. The Morgan fingerprint density at radius 1 is 1.16 bits per heavy atom. The highest BCUT2D eigenvalue weighted by Crippen LogP contribution is 2.28. The largest absolute Gasteiger partial charge is 0.396 e. The van der Waals surface area contributed by atoms with Crippen LogP contribution in [0.1, 0.15) is 17.5 Å². The summed E-state index contributed by atoms with van der Waals surface area (Å²) in [5, 5.41) is 0. The number of hydrogen-bond acceptors (Lipinski definition) is 2. The fourth-order valence-electron chi connectivity index (χ4n) is 2.69. The highest BCUT2D eigenvalue weighted by atomic mass is 19.1. The second kappa shape index (κ2) is 4.92. The molecule has 98 valence electrons. The molecular formula is C16H17FN2. The molecule has 0 spiro atoms. The number of nitrogens with two attached hydrogens (primary N) is 1. The SMILES string of the molecule is Nc1cc(CN2CCCc3ccccc32)ccc1F. The number of rotatable bonds is 2. The Labute approximate surface area is 112 Å². The lowest BCUT2D eigenvalue weighted by atomic mass is 10.0. The first-order chi connectivity index (χ1) is 9.24. The average Bonchev–Trinajstić information content (AvgIpc) is 2.43. The molecular weight excluding hydrogens is 239 g/mol. The molecule has 2 aromatic rings. The predicted molar refractivity (Wildman–Crippen MR) is 76.6 cm³/mol. The Kier molecular flexibility index (Phi) is 3.11. The standard InChI is InChI=1S/C16H17FN2/c17-14-8-7-12(10-15(14)18)11-19-9-3-5-13-4-1-2-6-16(13)19/h1-2,4,6-8,10H,3,5,9,11,18H2. The Bertz CT molecular complexity index is 595. The van der Waals surface area contributed by atoms with E-state index in [0.717, 1.165) is 31.5 Å². The van der Waals surface area contributed by atoms with Gasteiger partial charge < -0.3 is 10.6 Å². The molecule has 0 aliphatic carbocycles. The van der Waals surface area contributed by atoms with Crippen LogP contribution in [0.3, 0.4) is 0 Å². The summed E-state index contributed by atoms with van der Waals surface area (Å²) in [6.45, 7) is 1.82. The van der Waals surface area contributed by atoms with E-state index in [-0.39, 0.29) is 11.5 Å². The van der Waals surface area contributed by atoms with Crippen molar-refractivity contribution >= 4 is 11.4 Å². The molecule has 0 saturated carbocycles. The van der Waals surface area contributed by atoms with E-state index in [1.165, 1.54) is 17.3 Å². The van der Waals surface area contributed by atoms with Crippen molar-refractivity contribution in [2.24, 2.45) is 0 Å². The van der Waals surface area contributed by atoms with Gasteiger partial charge in [-0.3, -0.25) is 0 Å². The smallest absolute Gasteiger partial charge is 0.146 e. The van der Waals surface area contributed by atoms with Crippen molar-refractivity contribution < 1.29 is 4.39 Å². The number of anilines is 2. The normalized spacial score (nSPS) is 14.3. The molecule has 2 nitrogen and oxygen atoms in total. The molecule has 0 atom stereocenters. The fraction of sp³-hybridized carbons (Fsp3) is 0.250. The summed E-state index contributed by atoms with van der Waals surface area (Å²) in [6.07, 6.45) is 2.30. The minimum Gasteiger partial charge on any atom is -0.396 e. The molecule has 0 fully saturated rings. The lowest BCUT2D eigenvalue weighted by Gasteiger charge is -2.31. The van der Waals surface area contributed by atoms with Crippen LogP contribution in [0.4, 0.5) is 15.8 Å². The molecule has 0 saturated heterocycles. The van der Waals surface area contributed by atoms with E-state index in [2.05, 4.69) is 29.2 Å². The molecule has 1 aliphatic rings. The van der Waals surface area contributed by atoms with Gasteiger partial charge in [-0.25, -0.2) is 4.39 Å². The van der Waals surface area contributed by atoms with Crippen LogP contribution in [0, 0.1) is 5.82 Å². The van der Waals surface area contributed by atoms with Gasteiger partial charge in [-0.1, -0.05) is 24.3 Å². The van der Waals surface area contributed by atoms with Crippen molar-refractivity contribution in [1.82, 2.24) is 0 Å². The highest BCUT2D eigenvalue weighted by Gasteiger charge is 2.16. The number of para-hydroxylation sites is 1. The van der Waals surface area contributed by atoms with Gasteiger partial charge in [-0.05, 0) is 42.2 Å². The Hall–Kier alpha value is -2.03. The van der Waals surface area contributed by atoms with Gasteiger partial charge in [-0.2, -0.15) is 0 Å². The van der Waals surface area contributed by atoms with Crippen LogP contribution < -0.4 is 10.6 Å². The van der Waals surface area contributed by atoms with Crippen LogP contribution in [0.2, 0.25) is 0 Å². The first kappa shape index (κ1) is 12.0. The Morgan fingerprint density at radius 3 is 2.84 bits per heavy atom. The summed E-state index contributed by atoms with van der Waals surface area (Å²) < 4.78 is 13.2. The average molecular weight is 256 g/mol. The quantitative estimate of drug-likeness (QED) is 0.835. The first-order valence-corrected chi connectivity index (χ1v) is 6.61. The Balaban J connectivity index is 1.86. The fourth-order valence-corrected chi connectivity index (χ4v) is 2.69. The second-order valence-corrected chi connectivity index (χ2v) is 5.01. The molecule has 1 heterocycles. The first-order valence-electron chi connectivity index (χ1n) is 6.61. The molecule has 1 aliphatic heterocycles. The van der Waals surface area contributed by atoms with Crippen LogP contribution in [0.25, 0.3) is 0 Å². The van der Waals surface area contributed by atoms with Crippen molar-refractivity contribution in [2.75, 3.05) is 17.2 Å². The van der Waals surface area contributed by atoms with E-state index in [4.69, 9.17) is 5.73 Å². The van der Waals surface area contributed by atoms with Crippen LogP contribution in [0.5, 0.6) is 0 Å². The van der Waals surface area contributed by atoms with Gasteiger partial charge >= 0.3 is 0 Å². The third kappa shape index (κ3) is 2.41. The number of nitrogens with zero attached hydrogens (tertiary/aromatic N) is 1. The molecule has 19 heavy (non-hydrogen) atoms. The van der Waals surface area contributed by atoms with E-state index >= 15 is 0 Å². The van der Waals surface area contributed by atoms with Gasteiger partial charge in [0.1, 0.15) is 5.82 Å². The second-order valence-electron chi connectivity index (χ2n) is 5.01. The van der Waals surface area contributed by atoms with Gasteiger partial charge in [0.2, 0.25) is 0 Å². The van der Waals surface area contributed by atoms with Crippen LogP contribution >= 0.6 is 0 Å². The minimum atomic E-state index is -0.345. The van der Waals surface area contributed by atoms with Crippen molar-refractivity contribution in [3.05, 3.63) is 59.4 Å². The van der Waals surface area contributed by atoms with Crippen molar-refractivity contribution in [1.29, 1.82) is 0 Å². The van der Waals surface area contributed by atoms with E-state index < -0.39 is 0 Å². The number of aryl methyl sites for hydroxylation is 1. The third-order valence-electron chi connectivity index (χ3n) is 3.64. The van der Waals surface area contributed by atoms with Gasteiger partial charge in [0.05, 0.1) is 5.69 Å². The van der Waals surface area contributed by atoms with Gasteiger partial charge in [0.15, 0.2) is 0 Å². The molecule has 2 N–H and O–H groups in total. The number of nitrogen functional groups attached to an aromatic ring is 1. The topological polar surface area (TPSA) is 29.3 Å². The van der Waals surface area contributed by atoms with Gasteiger partial charge in [-0.15, -0.1) is 0 Å². The van der Waals surface area contributed by atoms with Crippen LogP contribution in [-0.2, 0) is 13.0 Å². The maximum atomic E-state index is 13.2. The van der Waals surface area contributed by atoms with Crippen LogP contribution in [-0.4, -0.2) is 6.54 Å². The zero-order chi connectivity index (χ0) is 13.2. The van der Waals surface area contributed by atoms with Gasteiger partial charge in [0.25, 0.3) is 0 Å². The molecule has 0 bridgehead atoms. The van der Waals surface area contributed by atoms with E-state index in [1.807, 2.05) is 6.07 Å². The van der Waals surface area contributed by atoms with Gasteiger partial charge in [0, 0.05) is 18.8 Å². The molecule has 3 heteroatoms. The zero-order valence-electron chi connectivity index (χ0n) is 10.8. The lowest BCUT2D eigenvalue weighted by molar-refractivity contribution is 0.630. The van der Waals surface area contributed by atoms with E-state index in [9.17, 15) is 4.39 Å². The molecule has 0 amide bonds. The molecule has 2 aromatic carbocycles. The number of fused-ring (bicyclic) bond motifs is 1. The summed E-state index contributed by atoms with van der Waals surface area (Å²) >= 11 is 0. The molecule has 0 radical (unpaired) electrons. The summed E-state index contributed by atoms with van der Waals surface area (Å²) in [5.41, 5.74) is 9.58.